The predicted molar refractivity (Wildman–Crippen MR) is 197 cm³/mol. The van der Waals surface area contributed by atoms with E-state index in [1.807, 2.05) is 0 Å². The fraction of sp³-hybridized carbons (Fsp3) is 0.400. The second-order valence-electron chi connectivity index (χ2n) is 17.7. The Morgan fingerprint density at radius 3 is 1.54 bits per heavy atom. The molecule has 0 saturated carbocycles. The Bertz CT molecular complexity index is 1880. The minimum absolute atomic E-state index is 0. The van der Waals surface area contributed by atoms with Crippen LogP contribution in [0, 0.1) is 17.8 Å². The van der Waals surface area contributed by atoms with Gasteiger partial charge in [-0.15, -0.1) is 0 Å². The van der Waals surface area contributed by atoms with Crippen LogP contribution in [0.1, 0.15) is 131 Å². The van der Waals surface area contributed by atoms with E-state index >= 15 is 0 Å². The maximum atomic E-state index is 2.69. The Morgan fingerprint density at radius 2 is 1.15 bits per heavy atom. The Hall–Kier alpha value is -2.05. The summed E-state index contributed by atoms with van der Waals surface area (Å²) >= 11 is -2.53. The monoisotopic (exact) mass is 752 g/mol. The van der Waals surface area contributed by atoms with Crippen molar-refractivity contribution >= 4 is 14.4 Å². The molecule has 3 aromatic carbocycles. The van der Waals surface area contributed by atoms with Gasteiger partial charge in [0.25, 0.3) is 0 Å². The zero-order valence-corrected chi connectivity index (χ0v) is 35.0. The molecule has 0 bridgehead atoms. The summed E-state index contributed by atoms with van der Waals surface area (Å²) < 4.78 is 3.85. The molecule has 0 saturated heterocycles. The van der Waals surface area contributed by atoms with Gasteiger partial charge >= 0.3 is 288 Å². The van der Waals surface area contributed by atoms with Gasteiger partial charge in [-0.05, 0) is 0 Å². The number of fused-ring (bicyclic) bond motifs is 5. The van der Waals surface area contributed by atoms with Crippen molar-refractivity contribution in [1.82, 2.24) is 0 Å². The number of benzene rings is 3. The first kappa shape index (κ1) is 37.2. The van der Waals surface area contributed by atoms with Crippen LogP contribution in [0.5, 0.6) is 0 Å². The van der Waals surface area contributed by atoms with Crippen molar-refractivity contribution in [2.24, 2.45) is 10.8 Å². The van der Waals surface area contributed by atoms with Crippen molar-refractivity contribution < 1.29 is 46.1 Å². The van der Waals surface area contributed by atoms with Gasteiger partial charge < -0.3 is 24.8 Å². The molecule has 4 aliphatic rings. The van der Waals surface area contributed by atoms with Gasteiger partial charge in [-0.1, -0.05) is 0 Å². The van der Waals surface area contributed by atoms with Crippen molar-refractivity contribution in [3.05, 3.63) is 127 Å². The molecule has 0 unspecified atom stereocenters. The summed E-state index contributed by atoms with van der Waals surface area (Å²) in [7, 11) is 0. The molecule has 0 N–H and O–H groups in total. The first-order chi connectivity index (χ1) is 21.4. The van der Waals surface area contributed by atoms with Crippen molar-refractivity contribution in [3.63, 3.8) is 0 Å². The van der Waals surface area contributed by atoms with Crippen LogP contribution in [-0.2, 0) is 32.1 Å². The molecule has 0 fully saturated rings. The van der Waals surface area contributed by atoms with E-state index in [9.17, 15) is 0 Å². The van der Waals surface area contributed by atoms with Gasteiger partial charge in [-0.25, -0.2) is 0 Å². The first-order valence-electron chi connectivity index (χ1n) is 17.4. The smallest absolute Gasteiger partial charge is 1.00 e. The zero-order chi connectivity index (χ0) is 33.1. The summed E-state index contributed by atoms with van der Waals surface area (Å²) in [6, 6.07) is 20.0. The van der Waals surface area contributed by atoms with Crippen LogP contribution < -0.4 is 24.8 Å². The number of aryl methyl sites for hydroxylation is 1. The molecule has 3 aromatic rings. The van der Waals surface area contributed by atoms with Gasteiger partial charge in [0.1, 0.15) is 0 Å². The molecule has 7 rings (SSSR count). The van der Waals surface area contributed by atoms with E-state index < -0.39 is 21.3 Å². The largest absolute Gasteiger partial charge is 1.00 e. The van der Waals surface area contributed by atoms with Gasteiger partial charge in [0.2, 0.25) is 0 Å². The van der Waals surface area contributed by atoms with Crippen molar-refractivity contribution in [2.75, 3.05) is 0 Å². The van der Waals surface area contributed by atoms with E-state index in [1.165, 1.54) is 55.7 Å². The van der Waals surface area contributed by atoms with Crippen LogP contribution in [0.25, 0.3) is 22.3 Å². The van der Waals surface area contributed by atoms with Gasteiger partial charge in [0, 0.05) is 0 Å². The Balaban J connectivity index is 0.00000225. The zero-order valence-electron chi connectivity index (χ0n) is 31.0. The molecule has 0 aliphatic heterocycles. The molecule has 0 radical (unpaired) electrons. The quantitative estimate of drug-likeness (QED) is 0.299. The molecule has 0 amide bonds. The number of allylic oxidation sites excluding steroid dienone is 8. The molecule has 250 valence electrons. The fourth-order valence-corrected chi connectivity index (χ4v) is 17.2. The van der Waals surface area contributed by atoms with E-state index in [1.54, 1.807) is 17.6 Å². The van der Waals surface area contributed by atoms with Crippen LogP contribution in [0.3, 0.4) is 0 Å². The maximum absolute atomic E-state index is 2.69. The molecule has 3 heteroatoms. The molecular weight excluding hydrogens is 703 g/mol. The summed E-state index contributed by atoms with van der Waals surface area (Å²) in [5, 5.41) is 0. The summed E-state index contributed by atoms with van der Waals surface area (Å²) in [5.74, 6) is 0. The molecule has 48 heavy (non-hydrogen) atoms. The van der Waals surface area contributed by atoms with Crippen molar-refractivity contribution in [2.45, 2.75) is 104 Å². The predicted octanol–water partition coefficient (Wildman–Crippen LogP) is 6.22. The number of hydrogen-bond donors (Lipinski definition) is 0. The fourth-order valence-electron chi connectivity index (χ4n) is 8.69. The average Bonchev–Trinajstić information content (AvgIpc) is 3.71. The van der Waals surface area contributed by atoms with Gasteiger partial charge in [0.15, 0.2) is 0 Å². The summed E-state index contributed by atoms with van der Waals surface area (Å²) in [6.45, 7) is 28.7. The van der Waals surface area contributed by atoms with E-state index in [-0.39, 0.29) is 46.5 Å². The van der Waals surface area contributed by atoms with Crippen LogP contribution in [0.2, 0.25) is 0 Å². The van der Waals surface area contributed by atoms with Crippen molar-refractivity contribution in [3.8, 4) is 11.1 Å². The number of hydrogen-bond acceptors (Lipinski definition) is 0. The minimum atomic E-state index is -2.53. The molecule has 0 atom stereocenters. The van der Waals surface area contributed by atoms with E-state index in [0.717, 1.165) is 6.42 Å². The summed E-state index contributed by atoms with van der Waals surface area (Å²) in [5.41, 5.74) is 18.2. The van der Waals surface area contributed by atoms with Gasteiger partial charge in [0.05, 0.1) is 0 Å². The van der Waals surface area contributed by atoms with Crippen LogP contribution in [-0.4, -0.2) is 3.21 Å². The molecule has 0 heterocycles. The molecule has 4 aliphatic carbocycles. The van der Waals surface area contributed by atoms with E-state index in [0.29, 0.717) is 3.63 Å². The summed E-state index contributed by atoms with van der Waals surface area (Å²) in [4.78, 5) is 0. The summed E-state index contributed by atoms with van der Waals surface area (Å²) in [6.07, 6.45) is 13.5. The number of rotatable bonds is 3. The molecule has 0 nitrogen and oxygen atoms in total. The normalized spacial score (nSPS) is 18.5. The number of halogens is 2. The van der Waals surface area contributed by atoms with Crippen LogP contribution >= 0.6 is 0 Å². The van der Waals surface area contributed by atoms with E-state index in [4.69, 9.17) is 0 Å². The third-order valence-corrected chi connectivity index (χ3v) is 19.4. The average molecular weight is 755 g/mol. The minimum Gasteiger partial charge on any atom is -1.00 e. The topological polar surface area (TPSA) is 0 Å². The van der Waals surface area contributed by atoms with Crippen molar-refractivity contribution in [1.29, 1.82) is 0 Å². The maximum Gasteiger partial charge on any atom is -1.00 e. The van der Waals surface area contributed by atoms with Crippen LogP contribution in [0.15, 0.2) is 82.2 Å². The molecule has 0 spiro atoms. The molecular formula is C45H52Cl2Zr. The third kappa shape index (κ3) is 5.93. The van der Waals surface area contributed by atoms with E-state index in [2.05, 4.69) is 162 Å². The molecule has 0 aromatic heterocycles. The Labute approximate surface area is 310 Å². The first-order valence-corrected chi connectivity index (χ1v) is 21.2. The van der Waals surface area contributed by atoms with Gasteiger partial charge in [-0.3, -0.25) is 0 Å². The Kier molecular flexibility index (Phi) is 9.55. The van der Waals surface area contributed by atoms with Gasteiger partial charge in [-0.2, -0.15) is 0 Å². The Morgan fingerprint density at radius 1 is 0.688 bits per heavy atom. The second-order valence-corrected chi connectivity index (χ2v) is 24.6. The third-order valence-electron chi connectivity index (χ3n) is 11.2. The second kappa shape index (κ2) is 12.3. The standard InChI is InChI=1S/C31H37.C9H10.C5H5.2ClH.Zr/c1-28(2,3)26-16-30(7,8)24-12-18-11-19-13-25-23(15-21(19)20(18)14-22(24)26)27(29(4,5)6)17-31(25,9)10;1-3-9-6-4-8(2)5-7-9;1-2-4-5-3-1;;;/h11-17H,1-10H3;4-7H,1-2H3;1-3H,4H2;2*1H;/q;;;;;+2/p-2. The van der Waals surface area contributed by atoms with Crippen LogP contribution in [0.4, 0.5) is 0 Å². The SMILES string of the molecule is C/[C](c1ccc(C)cc1)=[Zr+2](/[C]1=CC=CC1)[CH]1c2cc3c(cc2-c2cc4c(cc21)C(C)(C)C=C4C(C)(C)C)C(C(C)(C)C)=CC3(C)C.[Cl-].[Cl-].